The summed E-state index contributed by atoms with van der Waals surface area (Å²) < 4.78 is 5.16. The molecule has 0 aliphatic rings. The SMILES string of the molecule is COc1ccc(-c2csc(NC(=O)CNC(=O)Cc3cccc4ccccc34)n2)cc1. The van der Waals surface area contributed by atoms with E-state index in [0.717, 1.165) is 33.3 Å². The van der Waals surface area contributed by atoms with Crippen LogP contribution in [0.2, 0.25) is 0 Å². The predicted octanol–water partition coefficient (Wildman–Crippen LogP) is 4.27. The fraction of sp³-hybridized carbons (Fsp3) is 0.125. The number of anilines is 1. The highest BCUT2D eigenvalue weighted by molar-refractivity contribution is 7.14. The maximum absolute atomic E-state index is 12.3. The van der Waals surface area contributed by atoms with Gasteiger partial charge >= 0.3 is 0 Å². The third kappa shape index (κ3) is 5.07. The summed E-state index contributed by atoms with van der Waals surface area (Å²) in [5.41, 5.74) is 2.63. The first kappa shape index (κ1) is 20.6. The topological polar surface area (TPSA) is 80.3 Å². The molecule has 4 rings (SSSR count). The molecule has 0 bridgehead atoms. The Hall–Kier alpha value is -3.71. The van der Waals surface area contributed by atoms with Crippen molar-refractivity contribution < 1.29 is 14.3 Å². The average Bonchev–Trinajstić information content (AvgIpc) is 3.26. The first-order valence-electron chi connectivity index (χ1n) is 9.75. The minimum absolute atomic E-state index is 0.110. The molecule has 6 nitrogen and oxygen atoms in total. The summed E-state index contributed by atoms with van der Waals surface area (Å²) in [6, 6.07) is 21.3. The van der Waals surface area contributed by atoms with E-state index in [0.29, 0.717) is 5.13 Å². The van der Waals surface area contributed by atoms with Gasteiger partial charge in [0.05, 0.1) is 25.8 Å². The van der Waals surface area contributed by atoms with Crippen molar-refractivity contribution in [2.45, 2.75) is 6.42 Å². The molecule has 2 amide bonds. The van der Waals surface area contributed by atoms with E-state index in [4.69, 9.17) is 4.74 Å². The zero-order valence-corrected chi connectivity index (χ0v) is 17.7. The van der Waals surface area contributed by atoms with Gasteiger partial charge in [-0.25, -0.2) is 4.98 Å². The fourth-order valence-corrected chi connectivity index (χ4v) is 3.99. The van der Waals surface area contributed by atoms with Crippen molar-refractivity contribution in [2.24, 2.45) is 0 Å². The number of rotatable bonds is 7. The normalized spacial score (nSPS) is 10.6. The quantitative estimate of drug-likeness (QED) is 0.458. The molecule has 0 fully saturated rings. The van der Waals surface area contributed by atoms with E-state index in [2.05, 4.69) is 15.6 Å². The van der Waals surface area contributed by atoms with Crippen LogP contribution in [0.15, 0.2) is 72.1 Å². The highest BCUT2D eigenvalue weighted by Crippen LogP contribution is 2.26. The summed E-state index contributed by atoms with van der Waals surface area (Å²) in [6.07, 6.45) is 0.216. The number of methoxy groups -OCH3 is 1. The number of ether oxygens (including phenoxy) is 1. The molecule has 0 saturated heterocycles. The van der Waals surface area contributed by atoms with Crippen molar-refractivity contribution in [2.75, 3.05) is 19.0 Å². The summed E-state index contributed by atoms with van der Waals surface area (Å²) in [4.78, 5) is 29.0. The number of hydrogen-bond donors (Lipinski definition) is 2. The van der Waals surface area contributed by atoms with Crippen LogP contribution < -0.4 is 15.4 Å². The number of thiazole rings is 1. The molecular weight excluding hydrogens is 410 g/mol. The first-order chi connectivity index (χ1) is 15.1. The lowest BCUT2D eigenvalue weighted by Crippen LogP contribution is -2.33. The second-order valence-corrected chi connectivity index (χ2v) is 7.76. The molecule has 1 heterocycles. The van der Waals surface area contributed by atoms with Gasteiger partial charge in [0.2, 0.25) is 11.8 Å². The van der Waals surface area contributed by atoms with Gasteiger partial charge in [0, 0.05) is 10.9 Å². The summed E-state index contributed by atoms with van der Waals surface area (Å²) in [6.45, 7) is -0.110. The molecule has 156 valence electrons. The van der Waals surface area contributed by atoms with Crippen molar-refractivity contribution in [1.82, 2.24) is 10.3 Å². The average molecular weight is 432 g/mol. The van der Waals surface area contributed by atoms with Crippen LogP contribution in [-0.2, 0) is 16.0 Å². The molecule has 3 aromatic carbocycles. The number of hydrogen-bond acceptors (Lipinski definition) is 5. The Morgan fingerprint density at radius 1 is 0.968 bits per heavy atom. The Balaban J connectivity index is 1.31. The molecule has 2 N–H and O–H groups in total. The van der Waals surface area contributed by atoms with E-state index in [1.165, 1.54) is 11.3 Å². The predicted molar refractivity (Wildman–Crippen MR) is 123 cm³/mol. The Labute approximate surface area is 183 Å². The Kier molecular flexibility index (Phi) is 6.24. The summed E-state index contributed by atoms with van der Waals surface area (Å²) in [7, 11) is 1.62. The van der Waals surface area contributed by atoms with E-state index >= 15 is 0 Å². The summed E-state index contributed by atoms with van der Waals surface area (Å²) in [5, 5.41) is 9.89. The van der Waals surface area contributed by atoms with Crippen LogP contribution >= 0.6 is 11.3 Å². The fourth-order valence-electron chi connectivity index (χ4n) is 3.25. The molecule has 1 aromatic heterocycles. The van der Waals surface area contributed by atoms with Gasteiger partial charge in [0.15, 0.2) is 5.13 Å². The van der Waals surface area contributed by atoms with Crippen LogP contribution in [0.3, 0.4) is 0 Å². The number of amides is 2. The lowest BCUT2D eigenvalue weighted by molar-refractivity contribution is -0.123. The lowest BCUT2D eigenvalue weighted by Gasteiger charge is -2.08. The summed E-state index contributed by atoms with van der Waals surface area (Å²) >= 11 is 1.33. The maximum Gasteiger partial charge on any atom is 0.245 e. The molecule has 0 saturated carbocycles. The zero-order valence-electron chi connectivity index (χ0n) is 16.9. The highest BCUT2D eigenvalue weighted by atomic mass is 32.1. The number of carbonyl (C=O) groups is 2. The van der Waals surface area contributed by atoms with E-state index in [9.17, 15) is 9.59 Å². The number of fused-ring (bicyclic) bond motifs is 1. The van der Waals surface area contributed by atoms with Gasteiger partial charge in [-0.05, 0) is 40.6 Å². The van der Waals surface area contributed by atoms with E-state index in [1.54, 1.807) is 7.11 Å². The molecule has 0 unspecified atom stereocenters. The van der Waals surface area contributed by atoms with Gasteiger partial charge in [0.1, 0.15) is 5.75 Å². The van der Waals surface area contributed by atoms with Crippen molar-refractivity contribution in [3.8, 4) is 17.0 Å². The number of nitrogens with zero attached hydrogens (tertiary/aromatic N) is 1. The smallest absolute Gasteiger partial charge is 0.245 e. The van der Waals surface area contributed by atoms with Gasteiger partial charge < -0.3 is 15.4 Å². The molecule has 0 spiro atoms. The van der Waals surface area contributed by atoms with Crippen LogP contribution in [0, 0.1) is 0 Å². The van der Waals surface area contributed by atoms with Crippen molar-refractivity contribution >= 4 is 39.1 Å². The minimum Gasteiger partial charge on any atom is -0.497 e. The molecule has 0 atom stereocenters. The first-order valence-corrected chi connectivity index (χ1v) is 10.6. The van der Waals surface area contributed by atoms with E-state index < -0.39 is 0 Å². The van der Waals surface area contributed by atoms with Gasteiger partial charge in [0.25, 0.3) is 0 Å². The third-order valence-corrected chi connectivity index (χ3v) is 5.57. The zero-order chi connectivity index (χ0) is 21.6. The molecule has 4 aromatic rings. The molecular formula is C24H21N3O3S. The van der Waals surface area contributed by atoms with Gasteiger partial charge in [-0.15, -0.1) is 11.3 Å². The number of aromatic nitrogens is 1. The van der Waals surface area contributed by atoms with Crippen LogP contribution in [0.5, 0.6) is 5.75 Å². The number of benzene rings is 3. The van der Waals surface area contributed by atoms with Crippen molar-refractivity contribution in [3.05, 3.63) is 77.7 Å². The van der Waals surface area contributed by atoms with E-state index in [1.807, 2.05) is 72.1 Å². The van der Waals surface area contributed by atoms with E-state index in [-0.39, 0.29) is 24.8 Å². The third-order valence-electron chi connectivity index (χ3n) is 4.81. The standard InChI is InChI=1S/C24H21N3O3S/c1-30-19-11-9-17(10-12-19)21-15-31-24(26-21)27-23(29)14-25-22(28)13-18-7-4-6-16-5-2-3-8-20(16)18/h2-12,15H,13-14H2,1H3,(H,25,28)(H,26,27,29). The maximum atomic E-state index is 12.3. The van der Waals surface area contributed by atoms with Crippen molar-refractivity contribution in [1.29, 1.82) is 0 Å². The highest BCUT2D eigenvalue weighted by Gasteiger charge is 2.11. The molecule has 7 heteroatoms. The van der Waals surface area contributed by atoms with Crippen LogP contribution in [0.25, 0.3) is 22.0 Å². The van der Waals surface area contributed by atoms with Gasteiger partial charge in [-0.1, -0.05) is 42.5 Å². The van der Waals surface area contributed by atoms with Crippen LogP contribution in [0.1, 0.15) is 5.56 Å². The van der Waals surface area contributed by atoms with Gasteiger partial charge in [-0.2, -0.15) is 0 Å². The molecule has 0 aliphatic heterocycles. The second-order valence-electron chi connectivity index (χ2n) is 6.91. The number of carbonyl (C=O) groups excluding carboxylic acids is 2. The lowest BCUT2D eigenvalue weighted by atomic mass is 10.0. The molecule has 31 heavy (non-hydrogen) atoms. The van der Waals surface area contributed by atoms with Crippen LogP contribution in [0.4, 0.5) is 5.13 Å². The Morgan fingerprint density at radius 3 is 2.55 bits per heavy atom. The van der Waals surface area contributed by atoms with Gasteiger partial charge in [-0.3, -0.25) is 9.59 Å². The Bertz CT molecular complexity index is 1210. The largest absolute Gasteiger partial charge is 0.497 e. The van der Waals surface area contributed by atoms with Crippen molar-refractivity contribution in [3.63, 3.8) is 0 Å². The Morgan fingerprint density at radius 2 is 1.74 bits per heavy atom. The monoisotopic (exact) mass is 431 g/mol. The summed E-state index contributed by atoms with van der Waals surface area (Å²) in [5.74, 6) is 0.248. The minimum atomic E-state index is -0.318. The second kappa shape index (κ2) is 9.40. The molecule has 0 aliphatic carbocycles. The molecule has 0 radical (unpaired) electrons. The van der Waals surface area contributed by atoms with Crippen LogP contribution in [-0.4, -0.2) is 30.5 Å². The number of nitrogens with one attached hydrogen (secondary N) is 2.